The molecule has 0 unspecified atom stereocenters. The topological polar surface area (TPSA) is 74.6 Å². The van der Waals surface area contributed by atoms with Gasteiger partial charge in [0, 0.05) is 11.0 Å². The van der Waals surface area contributed by atoms with Gasteiger partial charge in [0.2, 0.25) is 0 Å². The molecule has 0 aliphatic rings. The van der Waals surface area contributed by atoms with Crippen LogP contribution in [0.5, 0.6) is 5.75 Å². The Labute approximate surface area is 103 Å². The van der Waals surface area contributed by atoms with E-state index in [1.165, 1.54) is 6.07 Å². The molecular weight excluding hydrogens is 223 g/mol. The van der Waals surface area contributed by atoms with E-state index in [9.17, 15) is 8.42 Å². The summed E-state index contributed by atoms with van der Waals surface area (Å²) in [6.45, 7) is 0. The van der Waals surface area contributed by atoms with Crippen LogP contribution in [-0.2, 0) is 10.1 Å². The van der Waals surface area contributed by atoms with Crippen LogP contribution in [0.25, 0.3) is 0 Å². The number of phenols is 1. The molecule has 0 fully saturated rings. The van der Waals surface area contributed by atoms with Gasteiger partial charge in [-0.25, -0.2) is 0 Å². The second-order valence-corrected chi connectivity index (χ2v) is 4.03. The predicted octanol–water partition coefficient (Wildman–Crippen LogP) is 0.279. The molecule has 1 aromatic rings. The van der Waals surface area contributed by atoms with E-state index >= 15 is 0 Å². The van der Waals surface area contributed by atoms with Gasteiger partial charge in [0.1, 0.15) is 5.75 Å². The summed E-state index contributed by atoms with van der Waals surface area (Å²) in [5.74, 6) is -0.284. The van der Waals surface area contributed by atoms with Gasteiger partial charge in [-0.05, 0) is 12.1 Å². The third kappa shape index (κ3) is 3.49. The van der Waals surface area contributed by atoms with E-state index in [1.807, 2.05) is 0 Å². The van der Waals surface area contributed by atoms with E-state index in [-0.39, 0.29) is 45.1 Å². The van der Waals surface area contributed by atoms with Crippen molar-refractivity contribution in [3.05, 3.63) is 18.2 Å². The Hall–Kier alpha value is 0.280. The van der Waals surface area contributed by atoms with Crippen molar-refractivity contribution in [2.75, 3.05) is 0 Å². The van der Waals surface area contributed by atoms with Crippen LogP contribution < -0.4 is 0 Å². The molecule has 4 nitrogen and oxygen atoms in total. The van der Waals surface area contributed by atoms with E-state index in [1.54, 1.807) is 0 Å². The molecule has 68 valence electrons. The molecule has 0 aromatic heterocycles. The van der Waals surface area contributed by atoms with Crippen molar-refractivity contribution in [1.82, 2.24) is 0 Å². The van der Waals surface area contributed by atoms with Gasteiger partial charge in [0.25, 0.3) is 10.1 Å². The fourth-order valence-electron chi connectivity index (χ4n) is 0.664. The quantitative estimate of drug-likeness (QED) is 0.368. The summed E-state index contributed by atoms with van der Waals surface area (Å²) in [7, 11) is -4.24. The number of benzene rings is 1. The summed E-state index contributed by atoms with van der Waals surface area (Å²) < 4.78 is 29.6. The average Bonchev–Trinajstić information content (AvgIpc) is 1.92. The van der Waals surface area contributed by atoms with Crippen LogP contribution in [0, 0.1) is 0 Å². The second-order valence-electron chi connectivity index (χ2n) is 2.13. The molecule has 0 aliphatic carbocycles. The number of phenolic OH excluding ortho intramolecular Hbond substituents is 1. The maximum absolute atomic E-state index is 10.5. The third-order valence-corrected chi connectivity index (χ3v) is 2.47. The number of hydrogen-bond donors (Lipinski definition) is 3. The molecule has 13 heavy (non-hydrogen) atoms. The van der Waals surface area contributed by atoms with Crippen molar-refractivity contribution < 1.29 is 18.1 Å². The standard InChI is InChI=1S/C6H6O4S2.Na.H/c7-5-3-4(12(8,9)10)1-2-6(5)11;;/h1-3,7,11H,(H,8,9,10);;. The Morgan fingerprint density at radius 2 is 1.85 bits per heavy atom. The first-order chi connectivity index (χ1) is 5.41. The Balaban J connectivity index is 0.00000144. The zero-order valence-corrected chi connectivity index (χ0v) is 7.51. The molecule has 2 N–H and O–H groups in total. The van der Waals surface area contributed by atoms with Crippen LogP contribution in [0.1, 0.15) is 0 Å². The molecular formula is C6H7NaO4S2. The number of thiol groups is 1. The van der Waals surface area contributed by atoms with Crippen LogP contribution in [0.2, 0.25) is 0 Å². The van der Waals surface area contributed by atoms with Crippen LogP contribution in [-0.4, -0.2) is 47.6 Å². The fourth-order valence-corrected chi connectivity index (χ4v) is 1.30. The van der Waals surface area contributed by atoms with E-state index in [0.717, 1.165) is 12.1 Å². The van der Waals surface area contributed by atoms with E-state index in [2.05, 4.69) is 12.6 Å². The molecule has 0 atom stereocenters. The molecule has 0 spiro atoms. The molecule has 7 heteroatoms. The Bertz CT molecular complexity index is 401. The maximum atomic E-state index is 10.5. The SMILES string of the molecule is O=S(=O)(O)c1ccc(S)c(O)c1.[NaH]. The van der Waals surface area contributed by atoms with Crippen molar-refractivity contribution in [3.63, 3.8) is 0 Å². The molecule has 1 aromatic carbocycles. The minimum atomic E-state index is -4.24. The zero-order chi connectivity index (χ0) is 9.35. The number of aromatic hydroxyl groups is 1. The molecule has 0 heterocycles. The molecule has 1 rings (SSSR count). The summed E-state index contributed by atoms with van der Waals surface area (Å²) in [6.07, 6.45) is 0. The molecule has 0 radical (unpaired) electrons. The first-order valence-corrected chi connectivity index (χ1v) is 4.79. The number of hydrogen-bond acceptors (Lipinski definition) is 4. The van der Waals surface area contributed by atoms with E-state index in [4.69, 9.17) is 9.66 Å². The molecule has 0 aliphatic heterocycles. The Morgan fingerprint density at radius 3 is 2.23 bits per heavy atom. The summed E-state index contributed by atoms with van der Waals surface area (Å²) in [5.41, 5.74) is 0. The molecule has 0 saturated heterocycles. The second kappa shape index (κ2) is 4.68. The monoisotopic (exact) mass is 230 g/mol. The van der Waals surface area contributed by atoms with Crippen molar-refractivity contribution in [2.24, 2.45) is 0 Å². The first-order valence-electron chi connectivity index (χ1n) is 2.91. The van der Waals surface area contributed by atoms with Gasteiger partial charge < -0.3 is 5.11 Å². The van der Waals surface area contributed by atoms with Crippen molar-refractivity contribution in [2.45, 2.75) is 9.79 Å². The van der Waals surface area contributed by atoms with Crippen LogP contribution in [0.3, 0.4) is 0 Å². The minimum absolute atomic E-state index is 0. The van der Waals surface area contributed by atoms with Gasteiger partial charge in [-0.3, -0.25) is 4.55 Å². The summed E-state index contributed by atoms with van der Waals surface area (Å²) in [5, 5.41) is 9.01. The van der Waals surface area contributed by atoms with Gasteiger partial charge in [0.15, 0.2) is 0 Å². The predicted molar refractivity (Wildman–Crippen MR) is 52.3 cm³/mol. The Kier molecular flexibility index (Phi) is 4.78. The Morgan fingerprint density at radius 1 is 1.31 bits per heavy atom. The summed E-state index contributed by atoms with van der Waals surface area (Å²) in [4.78, 5) is -0.0970. The van der Waals surface area contributed by atoms with Crippen molar-refractivity contribution in [1.29, 1.82) is 0 Å². The average molecular weight is 230 g/mol. The molecule has 0 saturated carbocycles. The number of rotatable bonds is 1. The molecule has 0 amide bonds. The van der Waals surface area contributed by atoms with Gasteiger partial charge >= 0.3 is 29.6 Å². The van der Waals surface area contributed by atoms with Crippen molar-refractivity contribution >= 4 is 52.3 Å². The first kappa shape index (κ1) is 13.3. The summed E-state index contributed by atoms with van der Waals surface area (Å²) in [6, 6.07) is 3.36. The zero-order valence-electron chi connectivity index (χ0n) is 5.80. The molecule has 0 bridgehead atoms. The van der Waals surface area contributed by atoms with E-state index in [0.29, 0.717) is 0 Å². The van der Waals surface area contributed by atoms with Gasteiger partial charge in [-0.2, -0.15) is 8.42 Å². The van der Waals surface area contributed by atoms with Crippen LogP contribution >= 0.6 is 12.6 Å². The van der Waals surface area contributed by atoms with Gasteiger partial charge in [0.05, 0.1) is 4.90 Å². The van der Waals surface area contributed by atoms with E-state index < -0.39 is 10.1 Å². The van der Waals surface area contributed by atoms with Crippen LogP contribution in [0.4, 0.5) is 0 Å². The normalized spacial score (nSPS) is 10.6. The van der Waals surface area contributed by atoms with Gasteiger partial charge in [-0.15, -0.1) is 12.6 Å². The van der Waals surface area contributed by atoms with Crippen molar-refractivity contribution in [3.8, 4) is 5.75 Å². The van der Waals surface area contributed by atoms with Crippen LogP contribution in [0.15, 0.2) is 28.0 Å². The third-order valence-electron chi connectivity index (χ3n) is 1.24. The van der Waals surface area contributed by atoms with Gasteiger partial charge in [-0.1, -0.05) is 0 Å². The summed E-state index contributed by atoms with van der Waals surface area (Å²) >= 11 is 3.81. The fraction of sp³-hybridized carbons (Fsp3) is 0.